The summed E-state index contributed by atoms with van der Waals surface area (Å²) in [6.45, 7) is 0. The molecule has 1 aromatic heterocycles. The quantitative estimate of drug-likeness (QED) is 0.576. The SMILES string of the molecule is [C+]1=NC(SSc2ccccn2)=CC=C1. The van der Waals surface area contributed by atoms with Gasteiger partial charge in [-0.3, -0.25) is 0 Å². The summed E-state index contributed by atoms with van der Waals surface area (Å²) < 4.78 is 0. The first-order chi connectivity index (χ1) is 6.95. The molecule has 0 spiro atoms. The molecular formula is C10H7N2S2+. The topological polar surface area (TPSA) is 25.2 Å². The summed E-state index contributed by atoms with van der Waals surface area (Å²) in [4.78, 5) is 8.28. The normalized spacial score (nSPS) is 13.6. The summed E-state index contributed by atoms with van der Waals surface area (Å²) in [5.74, 6) is 0. The summed E-state index contributed by atoms with van der Waals surface area (Å²) in [6.07, 6.45) is 10.2. The first kappa shape index (κ1) is 9.46. The van der Waals surface area contributed by atoms with E-state index >= 15 is 0 Å². The van der Waals surface area contributed by atoms with E-state index in [9.17, 15) is 0 Å². The minimum atomic E-state index is 0.947. The predicted molar refractivity (Wildman–Crippen MR) is 62.3 cm³/mol. The molecule has 2 rings (SSSR count). The van der Waals surface area contributed by atoms with Crippen LogP contribution in [0.25, 0.3) is 0 Å². The minimum absolute atomic E-state index is 0.947. The van der Waals surface area contributed by atoms with Gasteiger partial charge in [0.1, 0.15) is 11.1 Å². The fourth-order valence-electron chi connectivity index (χ4n) is 0.840. The van der Waals surface area contributed by atoms with Crippen molar-refractivity contribution in [3.8, 4) is 0 Å². The van der Waals surface area contributed by atoms with Crippen LogP contribution in [0.15, 0.2) is 57.7 Å². The molecule has 2 nitrogen and oxygen atoms in total. The van der Waals surface area contributed by atoms with Crippen LogP contribution in [0.5, 0.6) is 0 Å². The molecule has 0 amide bonds. The highest BCUT2D eigenvalue weighted by molar-refractivity contribution is 8.78. The van der Waals surface area contributed by atoms with E-state index in [1.54, 1.807) is 33.9 Å². The Morgan fingerprint density at radius 2 is 2.21 bits per heavy atom. The summed E-state index contributed by atoms with van der Waals surface area (Å²) in [5, 5.41) is 1.94. The van der Waals surface area contributed by atoms with Gasteiger partial charge in [-0.05, 0) is 22.9 Å². The molecule has 0 atom stereocenters. The molecule has 2 heterocycles. The molecule has 0 aromatic carbocycles. The van der Waals surface area contributed by atoms with Crippen molar-refractivity contribution in [1.82, 2.24) is 4.98 Å². The van der Waals surface area contributed by atoms with Crippen molar-refractivity contribution in [2.24, 2.45) is 4.99 Å². The van der Waals surface area contributed by atoms with Crippen LogP contribution in [0.3, 0.4) is 0 Å². The Balaban J connectivity index is 1.92. The molecule has 1 aliphatic rings. The third-order valence-corrected chi connectivity index (χ3v) is 3.60. The van der Waals surface area contributed by atoms with Gasteiger partial charge in [0, 0.05) is 17.0 Å². The Kier molecular flexibility index (Phi) is 3.35. The Morgan fingerprint density at radius 1 is 1.21 bits per heavy atom. The van der Waals surface area contributed by atoms with Gasteiger partial charge >= 0.3 is 0 Å². The summed E-state index contributed by atoms with van der Waals surface area (Å²) in [6, 6.07) is 5.86. The lowest BCUT2D eigenvalue weighted by Gasteiger charge is -1.94. The molecule has 0 saturated heterocycles. The summed E-state index contributed by atoms with van der Waals surface area (Å²) >= 11 is 0. The maximum Gasteiger partial charge on any atom is 0.225 e. The zero-order valence-electron chi connectivity index (χ0n) is 7.25. The van der Waals surface area contributed by atoms with Crippen LogP contribution in [-0.4, -0.2) is 11.2 Å². The zero-order chi connectivity index (χ0) is 9.64. The van der Waals surface area contributed by atoms with Gasteiger partial charge in [0.15, 0.2) is 6.21 Å². The van der Waals surface area contributed by atoms with Crippen LogP contribution in [-0.2, 0) is 0 Å². The molecule has 1 aromatic rings. The van der Waals surface area contributed by atoms with Gasteiger partial charge in [-0.2, -0.15) is 0 Å². The van der Waals surface area contributed by atoms with E-state index in [4.69, 9.17) is 0 Å². The minimum Gasteiger partial charge on any atom is -0.249 e. The number of hydrogen-bond acceptors (Lipinski definition) is 4. The third-order valence-electron chi connectivity index (χ3n) is 1.43. The van der Waals surface area contributed by atoms with E-state index in [-0.39, 0.29) is 0 Å². The standard InChI is InChI=1S/C10H7N2S2/c1-3-7-11-9(5-1)13-14-10-6-2-4-8-12-10/h1-7H/q+1. The van der Waals surface area contributed by atoms with Gasteiger partial charge < -0.3 is 0 Å². The summed E-state index contributed by atoms with van der Waals surface area (Å²) in [7, 11) is 3.18. The molecular weight excluding hydrogens is 212 g/mol. The molecule has 0 unspecified atom stereocenters. The van der Waals surface area contributed by atoms with E-state index < -0.39 is 0 Å². The zero-order valence-corrected chi connectivity index (χ0v) is 8.89. The van der Waals surface area contributed by atoms with E-state index in [1.165, 1.54) is 0 Å². The molecule has 0 N–H and O–H groups in total. The summed E-state index contributed by atoms with van der Waals surface area (Å²) in [5.41, 5.74) is 0. The number of allylic oxidation sites excluding steroid dienone is 3. The number of hydrogen-bond donors (Lipinski definition) is 0. The van der Waals surface area contributed by atoms with Crippen molar-refractivity contribution >= 4 is 27.8 Å². The second-order valence-electron chi connectivity index (χ2n) is 2.44. The molecule has 68 valence electrons. The van der Waals surface area contributed by atoms with Crippen LogP contribution in [0, 0.1) is 0 Å². The van der Waals surface area contributed by atoms with Crippen LogP contribution in [0.4, 0.5) is 0 Å². The van der Waals surface area contributed by atoms with Crippen molar-refractivity contribution in [3.05, 3.63) is 47.7 Å². The monoisotopic (exact) mass is 219 g/mol. The van der Waals surface area contributed by atoms with Gasteiger partial charge in [-0.1, -0.05) is 11.1 Å². The Morgan fingerprint density at radius 3 is 2.93 bits per heavy atom. The lowest BCUT2D eigenvalue weighted by Crippen LogP contribution is -1.77. The largest absolute Gasteiger partial charge is 0.249 e. The lowest BCUT2D eigenvalue weighted by molar-refractivity contribution is 1.14. The number of rotatable bonds is 3. The van der Waals surface area contributed by atoms with E-state index in [1.807, 2.05) is 30.4 Å². The number of aliphatic imine (C=N–C) groups is 1. The molecule has 1 aliphatic heterocycles. The second kappa shape index (κ2) is 4.96. The van der Waals surface area contributed by atoms with Crippen LogP contribution >= 0.6 is 21.6 Å². The molecule has 0 saturated carbocycles. The van der Waals surface area contributed by atoms with Crippen LogP contribution < -0.4 is 0 Å². The average Bonchev–Trinajstić information content (AvgIpc) is 2.29. The van der Waals surface area contributed by atoms with Crippen LogP contribution in [0.1, 0.15) is 0 Å². The number of aromatic nitrogens is 1. The van der Waals surface area contributed by atoms with Gasteiger partial charge in [0.25, 0.3) is 0 Å². The van der Waals surface area contributed by atoms with Crippen molar-refractivity contribution in [2.75, 3.05) is 0 Å². The lowest BCUT2D eigenvalue weighted by atomic mass is 10.4. The fraction of sp³-hybridized carbons (Fsp3) is 0. The van der Waals surface area contributed by atoms with Crippen molar-refractivity contribution < 1.29 is 0 Å². The Hall–Kier alpha value is -1.09. The molecule has 0 radical (unpaired) electrons. The maximum absolute atomic E-state index is 4.20. The van der Waals surface area contributed by atoms with Gasteiger partial charge in [0.05, 0.1) is 12.2 Å². The highest BCUT2D eigenvalue weighted by Crippen LogP contribution is 2.36. The van der Waals surface area contributed by atoms with Crippen molar-refractivity contribution in [2.45, 2.75) is 5.03 Å². The van der Waals surface area contributed by atoms with Gasteiger partial charge in [0.2, 0.25) is 5.03 Å². The molecule has 4 heteroatoms. The van der Waals surface area contributed by atoms with Crippen LogP contribution in [0.2, 0.25) is 0 Å². The smallest absolute Gasteiger partial charge is 0.225 e. The second-order valence-corrected chi connectivity index (χ2v) is 4.61. The van der Waals surface area contributed by atoms with Gasteiger partial charge in [-0.25, -0.2) is 4.98 Å². The molecule has 0 bridgehead atoms. The average molecular weight is 219 g/mol. The third kappa shape index (κ3) is 2.70. The Labute approximate surface area is 90.6 Å². The maximum atomic E-state index is 4.20. The van der Waals surface area contributed by atoms with Gasteiger partial charge in [-0.15, -0.1) is 0 Å². The molecule has 0 aliphatic carbocycles. The fourth-order valence-corrected chi connectivity index (χ4v) is 2.56. The predicted octanol–water partition coefficient (Wildman–Crippen LogP) is 3.18. The van der Waals surface area contributed by atoms with E-state index in [2.05, 4.69) is 16.2 Å². The highest BCUT2D eigenvalue weighted by atomic mass is 33.1. The molecule has 0 fully saturated rings. The highest BCUT2D eigenvalue weighted by Gasteiger charge is 2.07. The van der Waals surface area contributed by atoms with Crippen molar-refractivity contribution in [3.63, 3.8) is 0 Å². The van der Waals surface area contributed by atoms with E-state index in [0.29, 0.717) is 0 Å². The molecule has 14 heavy (non-hydrogen) atoms. The Bertz CT molecular complexity index is 382. The van der Waals surface area contributed by atoms with E-state index in [0.717, 1.165) is 10.1 Å². The first-order valence-electron chi connectivity index (χ1n) is 4.04. The number of nitrogens with zero attached hydrogens (tertiary/aromatic N) is 2. The first-order valence-corrected chi connectivity index (χ1v) is 6.19. The number of pyridine rings is 1. The van der Waals surface area contributed by atoms with Crippen molar-refractivity contribution in [1.29, 1.82) is 0 Å².